The first-order valence-corrected chi connectivity index (χ1v) is 7.49. The van der Waals surface area contributed by atoms with Gasteiger partial charge in [-0.1, -0.05) is 13.0 Å². The summed E-state index contributed by atoms with van der Waals surface area (Å²) in [6.45, 7) is 5.40. The molecule has 0 aromatic heterocycles. The van der Waals surface area contributed by atoms with E-state index in [0.29, 0.717) is 12.8 Å². The number of aliphatic hydroxyl groups is 1. The number of ether oxygens (including phenoxy) is 2. The number of aliphatic hydroxyl groups excluding tert-OH is 1. The minimum absolute atomic E-state index is 0.177. The summed E-state index contributed by atoms with van der Waals surface area (Å²) in [5.74, 6) is 1.70. The van der Waals surface area contributed by atoms with E-state index in [1.165, 1.54) is 5.56 Å². The first kappa shape index (κ1) is 15.1. The quantitative estimate of drug-likeness (QED) is 0.767. The van der Waals surface area contributed by atoms with Crippen molar-refractivity contribution in [2.75, 3.05) is 13.3 Å². The lowest BCUT2D eigenvalue weighted by Crippen LogP contribution is -2.29. The van der Waals surface area contributed by atoms with Crippen LogP contribution in [0.2, 0.25) is 0 Å². The second-order valence-corrected chi connectivity index (χ2v) is 5.43. The minimum Gasteiger partial charge on any atom is -0.454 e. The molecule has 1 aliphatic rings. The van der Waals surface area contributed by atoms with E-state index in [0.717, 1.165) is 43.7 Å². The average Bonchev–Trinajstić information content (AvgIpc) is 2.92. The van der Waals surface area contributed by atoms with Gasteiger partial charge in [0, 0.05) is 6.04 Å². The molecule has 0 amide bonds. The normalized spacial score (nSPS) is 16.1. The summed E-state index contributed by atoms with van der Waals surface area (Å²) in [4.78, 5) is 0. The summed E-state index contributed by atoms with van der Waals surface area (Å²) in [5, 5.41) is 13.0. The molecule has 1 aromatic carbocycles. The number of fused-ring (bicyclic) bond motifs is 1. The van der Waals surface area contributed by atoms with Gasteiger partial charge in [0.1, 0.15) is 0 Å². The van der Waals surface area contributed by atoms with Crippen molar-refractivity contribution in [3.8, 4) is 11.5 Å². The average molecular weight is 279 g/mol. The summed E-state index contributed by atoms with van der Waals surface area (Å²) in [5.41, 5.74) is 1.27. The monoisotopic (exact) mass is 279 g/mol. The van der Waals surface area contributed by atoms with Crippen LogP contribution in [0.3, 0.4) is 0 Å². The molecule has 0 aliphatic carbocycles. The third-order valence-corrected chi connectivity index (χ3v) is 3.74. The first-order valence-electron chi connectivity index (χ1n) is 7.49. The predicted molar refractivity (Wildman–Crippen MR) is 79.3 cm³/mol. The van der Waals surface area contributed by atoms with Gasteiger partial charge in [0.15, 0.2) is 11.5 Å². The smallest absolute Gasteiger partial charge is 0.231 e. The number of aryl methyl sites for hydroxylation is 1. The topological polar surface area (TPSA) is 50.7 Å². The van der Waals surface area contributed by atoms with E-state index in [9.17, 15) is 5.11 Å². The van der Waals surface area contributed by atoms with E-state index >= 15 is 0 Å². The lowest BCUT2D eigenvalue weighted by Gasteiger charge is -2.15. The zero-order valence-electron chi connectivity index (χ0n) is 12.4. The fraction of sp³-hybridized carbons (Fsp3) is 0.625. The van der Waals surface area contributed by atoms with Gasteiger partial charge in [-0.3, -0.25) is 0 Å². The molecule has 0 fully saturated rings. The summed E-state index contributed by atoms with van der Waals surface area (Å²) < 4.78 is 10.7. The lowest BCUT2D eigenvalue weighted by atomic mass is 10.1. The van der Waals surface area contributed by atoms with E-state index in [4.69, 9.17) is 9.47 Å². The number of benzene rings is 1. The van der Waals surface area contributed by atoms with Gasteiger partial charge in [-0.15, -0.1) is 0 Å². The van der Waals surface area contributed by atoms with Crippen LogP contribution in [0.15, 0.2) is 18.2 Å². The van der Waals surface area contributed by atoms with Crippen molar-refractivity contribution in [3.63, 3.8) is 0 Å². The molecular weight excluding hydrogens is 254 g/mol. The number of hydrogen-bond acceptors (Lipinski definition) is 4. The van der Waals surface area contributed by atoms with Crippen LogP contribution in [0, 0.1) is 0 Å². The van der Waals surface area contributed by atoms with Crippen molar-refractivity contribution in [2.45, 2.75) is 51.7 Å². The van der Waals surface area contributed by atoms with Crippen LogP contribution in [-0.2, 0) is 6.42 Å². The number of nitrogens with one attached hydrogen (secondary N) is 1. The van der Waals surface area contributed by atoms with Gasteiger partial charge in [0.2, 0.25) is 6.79 Å². The Morgan fingerprint density at radius 3 is 2.85 bits per heavy atom. The molecule has 1 aliphatic heterocycles. The highest BCUT2D eigenvalue weighted by Gasteiger charge is 2.13. The highest BCUT2D eigenvalue weighted by atomic mass is 16.7. The minimum atomic E-state index is -0.177. The van der Waals surface area contributed by atoms with Crippen molar-refractivity contribution < 1.29 is 14.6 Å². The van der Waals surface area contributed by atoms with Crippen molar-refractivity contribution in [1.29, 1.82) is 0 Å². The Morgan fingerprint density at radius 2 is 2.05 bits per heavy atom. The van der Waals surface area contributed by atoms with Crippen LogP contribution in [0.25, 0.3) is 0 Å². The Bertz CT molecular complexity index is 422. The molecule has 2 unspecified atom stereocenters. The van der Waals surface area contributed by atoms with Gasteiger partial charge in [0.25, 0.3) is 0 Å². The molecule has 2 N–H and O–H groups in total. The van der Waals surface area contributed by atoms with Gasteiger partial charge >= 0.3 is 0 Å². The Labute approximate surface area is 121 Å². The molecule has 0 saturated carbocycles. The van der Waals surface area contributed by atoms with Crippen LogP contribution in [0.4, 0.5) is 0 Å². The highest BCUT2D eigenvalue weighted by molar-refractivity contribution is 5.44. The molecule has 2 rings (SSSR count). The predicted octanol–water partition coefficient (Wildman–Crippen LogP) is 2.49. The SMILES string of the molecule is CCC(O)CCNC(C)CCc1ccc2c(c1)OCO2. The molecule has 4 nitrogen and oxygen atoms in total. The second kappa shape index (κ2) is 7.50. The summed E-state index contributed by atoms with van der Waals surface area (Å²) in [7, 11) is 0. The van der Waals surface area contributed by atoms with E-state index in [1.807, 2.05) is 13.0 Å². The van der Waals surface area contributed by atoms with E-state index in [1.54, 1.807) is 0 Å². The molecule has 0 radical (unpaired) electrons. The van der Waals surface area contributed by atoms with E-state index in [-0.39, 0.29) is 6.10 Å². The van der Waals surface area contributed by atoms with E-state index < -0.39 is 0 Å². The zero-order valence-corrected chi connectivity index (χ0v) is 12.4. The standard InChI is InChI=1S/C16H25NO3/c1-3-14(18)8-9-17-12(2)4-5-13-6-7-15-16(10-13)20-11-19-15/h6-7,10,12,14,17-18H,3-5,8-9,11H2,1-2H3. The summed E-state index contributed by atoms with van der Waals surface area (Å²) >= 11 is 0. The fourth-order valence-electron chi connectivity index (χ4n) is 2.28. The molecule has 0 bridgehead atoms. The first-order chi connectivity index (χ1) is 9.69. The van der Waals surface area contributed by atoms with Crippen LogP contribution in [0.1, 0.15) is 38.7 Å². The fourth-order valence-corrected chi connectivity index (χ4v) is 2.28. The van der Waals surface area contributed by atoms with Crippen LogP contribution >= 0.6 is 0 Å². The van der Waals surface area contributed by atoms with Crippen molar-refractivity contribution in [1.82, 2.24) is 5.32 Å². The molecule has 112 valence electrons. The maximum atomic E-state index is 9.50. The second-order valence-electron chi connectivity index (χ2n) is 5.43. The van der Waals surface area contributed by atoms with Crippen molar-refractivity contribution in [3.05, 3.63) is 23.8 Å². The van der Waals surface area contributed by atoms with Crippen LogP contribution in [0.5, 0.6) is 11.5 Å². The molecule has 4 heteroatoms. The van der Waals surface area contributed by atoms with Gasteiger partial charge < -0.3 is 19.9 Å². The van der Waals surface area contributed by atoms with E-state index in [2.05, 4.69) is 24.4 Å². The van der Waals surface area contributed by atoms with Gasteiger partial charge in [-0.25, -0.2) is 0 Å². The van der Waals surface area contributed by atoms with Gasteiger partial charge in [-0.2, -0.15) is 0 Å². The molecule has 1 aromatic rings. The van der Waals surface area contributed by atoms with Crippen LogP contribution in [-0.4, -0.2) is 30.6 Å². The van der Waals surface area contributed by atoms with Gasteiger partial charge in [-0.05, 0) is 56.8 Å². The van der Waals surface area contributed by atoms with Gasteiger partial charge in [0.05, 0.1) is 6.10 Å². The Balaban J connectivity index is 1.69. The Kier molecular flexibility index (Phi) is 5.68. The summed E-state index contributed by atoms with van der Waals surface area (Å²) in [6.07, 6.45) is 3.56. The Morgan fingerprint density at radius 1 is 1.25 bits per heavy atom. The number of rotatable bonds is 8. The van der Waals surface area contributed by atoms with Crippen molar-refractivity contribution >= 4 is 0 Å². The maximum Gasteiger partial charge on any atom is 0.231 e. The highest BCUT2D eigenvalue weighted by Crippen LogP contribution is 2.32. The van der Waals surface area contributed by atoms with Crippen molar-refractivity contribution in [2.24, 2.45) is 0 Å². The zero-order chi connectivity index (χ0) is 14.4. The third-order valence-electron chi connectivity index (χ3n) is 3.74. The number of hydrogen-bond donors (Lipinski definition) is 2. The third kappa shape index (κ3) is 4.39. The summed E-state index contributed by atoms with van der Waals surface area (Å²) in [6, 6.07) is 6.59. The maximum absolute atomic E-state index is 9.50. The largest absolute Gasteiger partial charge is 0.454 e. The molecule has 0 saturated heterocycles. The molecule has 20 heavy (non-hydrogen) atoms. The lowest BCUT2D eigenvalue weighted by molar-refractivity contribution is 0.158. The molecule has 0 spiro atoms. The Hall–Kier alpha value is -1.26. The van der Waals surface area contributed by atoms with Crippen LogP contribution < -0.4 is 14.8 Å². The molecule has 1 heterocycles. The molecule has 2 atom stereocenters. The molecular formula is C16H25NO3.